The van der Waals surface area contributed by atoms with Crippen molar-refractivity contribution in [3.8, 4) is 21.8 Å². The second-order valence-corrected chi connectivity index (χ2v) is 9.48. The molecular weight excluding hydrogens is 478 g/mol. The molecule has 6 heteroatoms. The highest BCUT2D eigenvalue weighted by Gasteiger charge is 2.15. The molecular formula is C31H23N3O2S. The average molecular weight is 502 g/mol. The molecule has 2 aromatic heterocycles. The third kappa shape index (κ3) is 4.94. The molecule has 37 heavy (non-hydrogen) atoms. The van der Waals surface area contributed by atoms with Crippen LogP contribution in [0.4, 0.5) is 17.1 Å². The van der Waals surface area contributed by atoms with Crippen LogP contribution >= 0.6 is 11.3 Å². The van der Waals surface area contributed by atoms with E-state index >= 15 is 0 Å². The summed E-state index contributed by atoms with van der Waals surface area (Å²) in [5.41, 5.74) is 6.16. The summed E-state index contributed by atoms with van der Waals surface area (Å²) >= 11 is 1.46. The number of para-hydroxylation sites is 2. The molecule has 5 aromatic rings. The van der Waals surface area contributed by atoms with Crippen LogP contribution in [-0.4, -0.2) is 15.6 Å². The van der Waals surface area contributed by atoms with Gasteiger partial charge in [-0.3, -0.25) is 4.79 Å². The average Bonchev–Trinajstić information content (AvgIpc) is 3.55. The van der Waals surface area contributed by atoms with Crippen molar-refractivity contribution in [2.24, 2.45) is 7.05 Å². The van der Waals surface area contributed by atoms with Crippen LogP contribution in [-0.2, 0) is 11.8 Å². The number of aliphatic carboxylic acids is 1. The first-order valence-corrected chi connectivity index (χ1v) is 12.5. The molecule has 0 spiro atoms. The van der Waals surface area contributed by atoms with E-state index in [0.29, 0.717) is 0 Å². The number of benzene rings is 3. The highest BCUT2D eigenvalue weighted by Crippen LogP contribution is 2.37. The molecule has 3 aromatic carbocycles. The third-order valence-electron chi connectivity index (χ3n) is 6.07. The highest BCUT2D eigenvalue weighted by atomic mass is 32.1. The van der Waals surface area contributed by atoms with Crippen LogP contribution in [0, 0.1) is 6.57 Å². The van der Waals surface area contributed by atoms with E-state index in [2.05, 4.69) is 75.0 Å². The SMILES string of the molecule is [C-]#[N+]/C(=C\c1ccc(-c2ccc(-c3ccc(N(c4ccccc4)c4ccccc4)cc3)n2C)s1)C(=O)O. The second-order valence-electron chi connectivity index (χ2n) is 8.36. The quantitative estimate of drug-likeness (QED) is 0.180. The lowest BCUT2D eigenvalue weighted by Crippen LogP contribution is -2.09. The number of rotatable bonds is 7. The zero-order chi connectivity index (χ0) is 25.8. The Morgan fingerprint density at radius 2 is 1.38 bits per heavy atom. The molecule has 1 N–H and O–H groups in total. The zero-order valence-corrected chi connectivity index (χ0v) is 20.9. The van der Waals surface area contributed by atoms with Crippen molar-refractivity contribution in [1.29, 1.82) is 0 Å². The minimum absolute atomic E-state index is 0.291. The van der Waals surface area contributed by atoms with E-state index in [1.54, 1.807) is 0 Å². The monoisotopic (exact) mass is 501 g/mol. The fourth-order valence-electron chi connectivity index (χ4n) is 4.28. The molecule has 0 amide bonds. The number of nitrogens with zero attached hydrogens (tertiary/aromatic N) is 3. The highest BCUT2D eigenvalue weighted by molar-refractivity contribution is 7.16. The normalized spacial score (nSPS) is 11.2. The van der Waals surface area contributed by atoms with Crippen molar-refractivity contribution in [2.75, 3.05) is 4.90 Å². The van der Waals surface area contributed by atoms with Crippen molar-refractivity contribution in [1.82, 2.24) is 4.57 Å². The standard InChI is InChI=1S/C31H23N3O2S/c1-32-27(31(35)36)21-26-17-20-30(37-26)29-19-18-28(33(29)2)22-13-15-25(16-14-22)34(23-9-5-3-6-10-23)24-11-7-4-8-12-24/h3-21H,2H3,(H,35,36)/b27-21-. The van der Waals surface area contributed by atoms with Gasteiger partial charge in [-0.15, -0.1) is 11.3 Å². The van der Waals surface area contributed by atoms with Crippen LogP contribution in [0.2, 0.25) is 0 Å². The number of carboxylic acids is 1. The molecule has 2 heterocycles. The molecule has 0 aliphatic heterocycles. The van der Waals surface area contributed by atoms with E-state index in [9.17, 15) is 4.79 Å². The predicted molar refractivity (Wildman–Crippen MR) is 151 cm³/mol. The summed E-state index contributed by atoms with van der Waals surface area (Å²) in [6.45, 7) is 7.06. The number of anilines is 3. The summed E-state index contributed by atoms with van der Waals surface area (Å²) in [5, 5.41) is 9.13. The second kappa shape index (κ2) is 10.4. The lowest BCUT2D eigenvalue weighted by Gasteiger charge is -2.25. The topological polar surface area (TPSA) is 49.8 Å². The summed E-state index contributed by atoms with van der Waals surface area (Å²) in [6, 6.07) is 37.1. The lowest BCUT2D eigenvalue weighted by atomic mass is 10.1. The molecule has 0 fully saturated rings. The fourth-order valence-corrected chi connectivity index (χ4v) is 5.28. The summed E-state index contributed by atoms with van der Waals surface area (Å²) < 4.78 is 2.13. The molecule has 180 valence electrons. The summed E-state index contributed by atoms with van der Waals surface area (Å²) in [5.74, 6) is -1.22. The van der Waals surface area contributed by atoms with Crippen LogP contribution in [0.25, 0.3) is 32.7 Å². The molecule has 0 aliphatic carbocycles. The number of aromatic nitrogens is 1. The number of carbonyl (C=O) groups is 1. The van der Waals surface area contributed by atoms with E-state index in [0.717, 1.165) is 43.8 Å². The maximum Gasteiger partial charge on any atom is 0.333 e. The van der Waals surface area contributed by atoms with E-state index in [1.165, 1.54) is 17.4 Å². The Morgan fingerprint density at radius 1 is 0.811 bits per heavy atom. The van der Waals surface area contributed by atoms with E-state index in [-0.39, 0.29) is 5.70 Å². The van der Waals surface area contributed by atoms with Gasteiger partial charge in [0, 0.05) is 34.7 Å². The molecule has 5 nitrogen and oxygen atoms in total. The third-order valence-corrected chi connectivity index (χ3v) is 7.12. The van der Waals surface area contributed by atoms with Gasteiger partial charge in [-0.25, -0.2) is 4.85 Å². The summed E-state index contributed by atoms with van der Waals surface area (Å²) in [7, 11) is 2.02. The Bertz CT molecular complexity index is 1570. The number of thiophene rings is 1. The van der Waals surface area contributed by atoms with Gasteiger partial charge in [0.2, 0.25) is 0 Å². The molecule has 0 saturated carbocycles. The van der Waals surface area contributed by atoms with Crippen molar-refractivity contribution < 1.29 is 9.90 Å². The van der Waals surface area contributed by atoms with E-state index in [1.807, 2.05) is 55.6 Å². The van der Waals surface area contributed by atoms with Gasteiger partial charge in [-0.05, 0) is 72.3 Å². The Labute approximate surface area is 219 Å². The molecule has 0 bridgehead atoms. The first kappa shape index (κ1) is 23.9. The van der Waals surface area contributed by atoms with Gasteiger partial charge in [0.25, 0.3) is 5.70 Å². The lowest BCUT2D eigenvalue weighted by molar-refractivity contribution is -0.132. The van der Waals surface area contributed by atoms with Crippen LogP contribution in [0.3, 0.4) is 0 Å². The molecule has 0 unspecified atom stereocenters. The van der Waals surface area contributed by atoms with Gasteiger partial charge >= 0.3 is 5.97 Å². The minimum Gasteiger partial charge on any atom is -0.486 e. The molecule has 0 atom stereocenters. The predicted octanol–water partition coefficient (Wildman–Crippen LogP) is 8.24. The van der Waals surface area contributed by atoms with Gasteiger partial charge in [0.1, 0.15) is 0 Å². The van der Waals surface area contributed by atoms with Crippen molar-refractivity contribution in [2.45, 2.75) is 0 Å². The van der Waals surface area contributed by atoms with Gasteiger partial charge in [-0.2, -0.15) is 0 Å². The maximum absolute atomic E-state index is 11.2. The smallest absolute Gasteiger partial charge is 0.333 e. The number of hydrogen-bond donors (Lipinski definition) is 1. The van der Waals surface area contributed by atoms with Crippen LogP contribution in [0.1, 0.15) is 4.88 Å². The maximum atomic E-state index is 11.2. The number of hydrogen-bond acceptors (Lipinski definition) is 3. The first-order chi connectivity index (χ1) is 18.0. The van der Waals surface area contributed by atoms with Gasteiger partial charge < -0.3 is 14.6 Å². The van der Waals surface area contributed by atoms with E-state index < -0.39 is 5.97 Å². The minimum atomic E-state index is -1.22. The van der Waals surface area contributed by atoms with E-state index in [4.69, 9.17) is 11.7 Å². The Hall–Kier alpha value is -4.86. The summed E-state index contributed by atoms with van der Waals surface area (Å²) in [6.07, 6.45) is 1.41. The Balaban J connectivity index is 1.45. The van der Waals surface area contributed by atoms with Crippen molar-refractivity contribution in [3.05, 3.63) is 131 Å². The Morgan fingerprint density at radius 3 is 1.95 bits per heavy atom. The van der Waals surface area contributed by atoms with Gasteiger partial charge in [0.05, 0.1) is 17.1 Å². The van der Waals surface area contributed by atoms with Crippen LogP contribution < -0.4 is 4.90 Å². The molecule has 5 rings (SSSR count). The van der Waals surface area contributed by atoms with Gasteiger partial charge in [0.15, 0.2) is 0 Å². The fraction of sp³-hybridized carbons (Fsp3) is 0.0323. The van der Waals surface area contributed by atoms with Crippen LogP contribution in [0.5, 0.6) is 0 Å². The molecule has 0 radical (unpaired) electrons. The first-order valence-electron chi connectivity index (χ1n) is 11.6. The zero-order valence-electron chi connectivity index (χ0n) is 20.1. The number of carboxylic acid groups (broad SMARTS) is 1. The summed E-state index contributed by atoms with van der Waals surface area (Å²) in [4.78, 5) is 18.2. The van der Waals surface area contributed by atoms with Crippen molar-refractivity contribution >= 4 is 40.4 Å². The van der Waals surface area contributed by atoms with Gasteiger partial charge in [-0.1, -0.05) is 48.5 Å². The Kier molecular flexibility index (Phi) is 6.71. The van der Waals surface area contributed by atoms with Crippen LogP contribution in [0.15, 0.2) is 115 Å². The molecule has 0 saturated heterocycles. The largest absolute Gasteiger partial charge is 0.486 e. The molecule has 0 aliphatic rings. The van der Waals surface area contributed by atoms with Crippen molar-refractivity contribution in [3.63, 3.8) is 0 Å².